The second-order valence-electron chi connectivity index (χ2n) is 8.63. The summed E-state index contributed by atoms with van der Waals surface area (Å²) >= 11 is 0. The first-order chi connectivity index (χ1) is 14.7. The van der Waals surface area contributed by atoms with E-state index >= 15 is 0 Å². The molecular formula is C25H29NO5. The first kappa shape index (κ1) is 21.4. The summed E-state index contributed by atoms with van der Waals surface area (Å²) < 4.78 is 17.8. The molecule has 1 aliphatic rings. The van der Waals surface area contributed by atoms with Gasteiger partial charge >= 0.3 is 0 Å². The molecule has 1 saturated heterocycles. The van der Waals surface area contributed by atoms with Crippen molar-refractivity contribution < 1.29 is 19.0 Å². The van der Waals surface area contributed by atoms with Crippen molar-refractivity contribution in [1.82, 2.24) is 4.90 Å². The van der Waals surface area contributed by atoms with Gasteiger partial charge in [-0.1, -0.05) is 6.07 Å². The van der Waals surface area contributed by atoms with Gasteiger partial charge in [0.25, 0.3) is 0 Å². The number of hydrogen-bond donors (Lipinski definition) is 1. The molecule has 1 aromatic heterocycles. The van der Waals surface area contributed by atoms with Crippen molar-refractivity contribution in [3.05, 3.63) is 63.0 Å². The first-order valence-corrected chi connectivity index (χ1v) is 10.6. The third-order valence-corrected chi connectivity index (χ3v) is 5.55. The molecule has 31 heavy (non-hydrogen) atoms. The Bertz CT molecular complexity index is 1150. The Hall–Kier alpha value is -2.83. The van der Waals surface area contributed by atoms with Crippen LogP contribution >= 0.6 is 0 Å². The molecule has 0 unspecified atom stereocenters. The second kappa shape index (κ2) is 8.36. The van der Waals surface area contributed by atoms with Crippen molar-refractivity contribution in [3.63, 3.8) is 0 Å². The van der Waals surface area contributed by atoms with Gasteiger partial charge in [0.15, 0.2) is 0 Å². The van der Waals surface area contributed by atoms with Crippen molar-refractivity contribution >= 4 is 11.0 Å². The number of fused-ring (bicyclic) bond motifs is 1. The SMILES string of the molecule is Cc1cc(C)cc(Oc2c(C)oc3c(CN4C[C@@H](C)O[C@H](C)C4)c(O)ccc3c2=O)c1. The summed E-state index contributed by atoms with van der Waals surface area (Å²) in [5.74, 6) is 1.27. The van der Waals surface area contributed by atoms with Gasteiger partial charge < -0.3 is 19.0 Å². The molecule has 164 valence electrons. The molecule has 3 aromatic rings. The van der Waals surface area contributed by atoms with Crippen LogP contribution in [-0.4, -0.2) is 35.3 Å². The lowest BCUT2D eigenvalue weighted by molar-refractivity contribution is -0.0705. The van der Waals surface area contributed by atoms with E-state index < -0.39 is 0 Å². The van der Waals surface area contributed by atoms with E-state index in [0.29, 0.717) is 34.6 Å². The summed E-state index contributed by atoms with van der Waals surface area (Å²) in [7, 11) is 0. The van der Waals surface area contributed by atoms with Crippen LogP contribution in [0.5, 0.6) is 17.2 Å². The van der Waals surface area contributed by atoms with Crippen LogP contribution in [0.25, 0.3) is 11.0 Å². The van der Waals surface area contributed by atoms with Crippen LogP contribution in [0.4, 0.5) is 0 Å². The zero-order valence-corrected chi connectivity index (χ0v) is 18.7. The Morgan fingerprint density at radius 3 is 2.35 bits per heavy atom. The zero-order chi connectivity index (χ0) is 22.3. The Morgan fingerprint density at radius 1 is 1.06 bits per heavy atom. The Balaban J connectivity index is 1.75. The topological polar surface area (TPSA) is 72.1 Å². The largest absolute Gasteiger partial charge is 0.507 e. The minimum absolute atomic E-state index is 0.104. The highest BCUT2D eigenvalue weighted by atomic mass is 16.5. The number of ether oxygens (including phenoxy) is 2. The maximum absolute atomic E-state index is 13.3. The molecule has 2 heterocycles. The number of aromatic hydroxyl groups is 1. The van der Waals surface area contributed by atoms with Crippen LogP contribution in [0, 0.1) is 20.8 Å². The number of phenolic OH excluding ortho intramolecular Hbond substituents is 1. The van der Waals surface area contributed by atoms with E-state index in [2.05, 4.69) is 4.90 Å². The average Bonchev–Trinajstić information content (AvgIpc) is 2.66. The summed E-state index contributed by atoms with van der Waals surface area (Å²) in [5.41, 5.74) is 2.87. The van der Waals surface area contributed by atoms with Crippen molar-refractivity contribution in [1.29, 1.82) is 0 Å². The van der Waals surface area contributed by atoms with E-state index in [1.807, 2.05) is 45.9 Å². The third kappa shape index (κ3) is 4.45. The predicted octanol–water partition coefficient (Wildman–Crippen LogP) is 4.83. The fourth-order valence-corrected chi connectivity index (χ4v) is 4.41. The molecule has 0 bridgehead atoms. The van der Waals surface area contributed by atoms with Crippen molar-refractivity contribution in [2.45, 2.75) is 53.4 Å². The minimum Gasteiger partial charge on any atom is -0.507 e. The van der Waals surface area contributed by atoms with Gasteiger partial charge in [-0.25, -0.2) is 0 Å². The Kier molecular flexibility index (Phi) is 5.77. The Morgan fingerprint density at radius 2 is 1.71 bits per heavy atom. The molecule has 6 nitrogen and oxygen atoms in total. The van der Waals surface area contributed by atoms with Crippen LogP contribution in [0.2, 0.25) is 0 Å². The van der Waals surface area contributed by atoms with Gasteiger partial charge in [0.2, 0.25) is 11.2 Å². The van der Waals surface area contributed by atoms with Crippen molar-refractivity contribution in [3.8, 4) is 17.2 Å². The lowest BCUT2D eigenvalue weighted by atomic mass is 10.1. The van der Waals surface area contributed by atoms with Gasteiger partial charge in [0.1, 0.15) is 22.8 Å². The summed E-state index contributed by atoms with van der Waals surface area (Å²) in [4.78, 5) is 15.5. The number of hydrogen-bond acceptors (Lipinski definition) is 6. The second-order valence-corrected chi connectivity index (χ2v) is 8.63. The van der Waals surface area contributed by atoms with Gasteiger partial charge in [-0.15, -0.1) is 0 Å². The molecule has 0 aliphatic carbocycles. The number of phenols is 1. The molecule has 1 aliphatic heterocycles. The van der Waals surface area contributed by atoms with E-state index in [9.17, 15) is 9.90 Å². The summed E-state index contributed by atoms with van der Waals surface area (Å²) in [6.45, 7) is 11.7. The standard InChI is InChI=1S/C25H29NO5/c1-14-8-15(2)10-19(9-14)31-24-18(5)30-25-20(23(24)28)6-7-22(27)21(25)13-26-11-16(3)29-17(4)12-26/h6-10,16-17,27H,11-13H2,1-5H3/t16-,17-/m1/s1. The lowest BCUT2D eigenvalue weighted by Crippen LogP contribution is -2.44. The average molecular weight is 424 g/mol. The minimum atomic E-state index is -0.247. The van der Waals surface area contributed by atoms with E-state index in [-0.39, 0.29) is 29.1 Å². The maximum atomic E-state index is 13.3. The normalized spacial score (nSPS) is 19.6. The first-order valence-electron chi connectivity index (χ1n) is 10.6. The van der Waals surface area contributed by atoms with Gasteiger partial charge in [0, 0.05) is 19.6 Å². The number of morpholine rings is 1. The molecule has 4 rings (SSSR count). The van der Waals surface area contributed by atoms with E-state index in [1.165, 1.54) is 0 Å². The zero-order valence-electron chi connectivity index (χ0n) is 18.7. The quantitative estimate of drug-likeness (QED) is 0.648. The third-order valence-electron chi connectivity index (χ3n) is 5.55. The fraction of sp³-hybridized carbons (Fsp3) is 0.400. The number of rotatable bonds is 4. The van der Waals surface area contributed by atoms with Gasteiger partial charge in [-0.2, -0.15) is 0 Å². The molecule has 1 N–H and O–H groups in total. The lowest BCUT2D eigenvalue weighted by Gasteiger charge is -2.35. The van der Waals surface area contributed by atoms with E-state index in [0.717, 1.165) is 24.2 Å². The van der Waals surface area contributed by atoms with Gasteiger partial charge in [-0.3, -0.25) is 9.69 Å². The monoisotopic (exact) mass is 423 g/mol. The van der Waals surface area contributed by atoms with Gasteiger partial charge in [0.05, 0.1) is 23.2 Å². The van der Waals surface area contributed by atoms with E-state index in [4.69, 9.17) is 13.9 Å². The van der Waals surface area contributed by atoms with Gasteiger partial charge in [-0.05, 0) is 70.0 Å². The Labute approximate surface area is 182 Å². The van der Waals surface area contributed by atoms with Crippen molar-refractivity contribution in [2.24, 2.45) is 0 Å². The highest BCUT2D eigenvalue weighted by Gasteiger charge is 2.25. The number of nitrogens with zero attached hydrogens (tertiary/aromatic N) is 1. The van der Waals surface area contributed by atoms with Crippen LogP contribution in [0.1, 0.15) is 36.3 Å². The fourth-order valence-electron chi connectivity index (χ4n) is 4.41. The molecule has 2 atom stereocenters. The number of benzene rings is 2. The summed E-state index contributed by atoms with van der Waals surface area (Å²) in [6.07, 6.45) is 0.208. The summed E-state index contributed by atoms with van der Waals surface area (Å²) in [6, 6.07) is 8.97. The highest BCUT2D eigenvalue weighted by Crippen LogP contribution is 2.32. The molecule has 1 fully saturated rings. The molecule has 6 heteroatoms. The van der Waals surface area contributed by atoms with Crippen LogP contribution < -0.4 is 10.2 Å². The summed E-state index contributed by atoms with van der Waals surface area (Å²) in [5, 5.41) is 11.0. The number of aryl methyl sites for hydroxylation is 3. The molecule has 2 aromatic carbocycles. The predicted molar refractivity (Wildman–Crippen MR) is 120 cm³/mol. The molecule has 0 amide bonds. The smallest absolute Gasteiger partial charge is 0.235 e. The van der Waals surface area contributed by atoms with Crippen LogP contribution in [-0.2, 0) is 11.3 Å². The molecule has 0 spiro atoms. The van der Waals surface area contributed by atoms with E-state index in [1.54, 1.807) is 19.1 Å². The molecular weight excluding hydrogens is 394 g/mol. The molecule has 0 saturated carbocycles. The van der Waals surface area contributed by atoms with Crippen LogP contribution in [0.3, 0.4) is 0 Å². The highest BCUT2D eigenvalue weighted by molar-refractivity contribution is 5.83. The molecule has 0 radical (unpaired) electrons. The van der Waals surface area contributed by atoms with Crippen LogP contribution in [0.15, 0.2) is 39.5 Å². The maximum Gasteiger partial charge on any atom is 0.235 e. The van der Waals surface area contributed by atoms with Crippen molar-refractivity contribution in [2.75, 3.05) is 13.1 Å².